The first-order valence-corrected chi connectivity index (χ1v) is 21.3. The molecule has 0 aliphatic carbocycles. The number of benzene rings is 6. The number of rotatable bonds is 6. The number of nitrogens with two attached hydrogens (primary N) is 2. The average molecular weight is 965 g/mol. The van der Waals surface area contributed by atoms with Crippen molar-refractivity contribution in [2.45, 2.75) is 39.4 Å². The second-order valence-corrected chi connectivity index (χ2v) is 16.4. The van der Waals surface area contributed by atoms with E-state index in [0.29, 0.717) is 65.0 Å². The molecule has 14 nitrogen and oxygen atoms in total. The molecule has 0 spiro atoms. The van der Waals surface area contributed by atoms with Crippen LogP contribution in [-0.2, 0) is 39.4 Å². The fraction of sp³-hybridized carbons (Fsp3) is 0.125. The lowest BCUT2D eigenvalue weighted by atomic mass is 9.77. The third-order valence-corrected chi connectivity index (χ3v) is 11.7. The summed E-state index contributed by atoms with van der Waals surface area (Å²) in [7, 11) is -1.50. The third-order valence-electron chi connectivity index (χ3n) is 11.1. The van der Waals surface area contributed by atoms with Crippen LogP contribution >= 0.6 is 22.6 Å². The van der Waals surface area contributed by atoms with Crippen LogP contribution in [-0.4, -0.2) is 68.9 Å². The van der Waals surface area contributed by atoms with E-state index < -0.39 is 7.12 Å². The summed E-state index contributed by atoms with van der Waals surface area (Å²) in [5, 5.41) is 37.4. The number of anilines is 2. The van der Waals surface area contributed by atoms with Crippen molar-refractivity contribution in [2.24, 2.45) is 0 Å². The van der Waals surface area contributed by atoms with Gasteiger partial charge in [0.05, 0.1) is 24.2 Å². The van der Waals surface area contributed by atoms with Gasteiger partial charge in [-0.05, 0) is 103 Å². The fourth-order valence-corrected chi connectivity index (χ4v) is 8.37. The van der Waals surface area contributed by atoms with E-state index in [1.54, 1.807) is 34.1 Å². The van der Waals surface area contributed by atoms with Gasteiger partial charge >= 0.3 is 7.12 Å². The molecule has 320 valence electrons. The monoisotopic (exact) mass is 964 g/mol. The Morgan fingerprint density at radius 1 is 0.562 bits per heavy atom. The van der Waals surface area contributed by atoms with Gasteiger partial charge in [0, 0.05) is 40.5 Å². The standard InChI is InChI=1S/C24H20N4O2.C17H13IN4O.C7H9BO3/c25-24-26-21-10-9-15(19-8-4-3-7-18(19)14-29)11-20(21)22(27-24)23(30)28-12-16-5-1-2-6-17(16)13-28;18-12-5-6-14-13(7-12)15(21-17(19)20-14)16(23)22-8-10-3-1-2-4-11(10)9-22;9-5-6-3-1-2-4-7(6)8(10)11/h1-11,29H,12-14H2,(H2,25,26,27);1-7H,8-9H2,(H2,19,20,21);1-4,9-11H,5H2. The van der Waals surface area contributed by atoms with Crippen molar-refractivity contribution in [1.82, 2.24) is 29.7 Å². The van der Waals surface area contributed by atoms with Gasteiger partial charge in [0.25, 0.3) is 11.8 Å². The molecule has 0 atom stereocenters. The lowest BCUT2D eigenvalue weighted by Gasteiger charge is -2.17. The predicted octanol–water partition coefficient (Wildman–Crippen LogP) is 5.36. The zero-order valence-electron chi connectivity index (χ0n) is 34.3. The SMILES string of the molecule is Nc1nc(C(=O)N2Cc3ccccc3C2)c2cc(-c3ccccc3CO)ccc2n1.Nc1nc(C(=O)N2Cc3ccccc3C2)c2cc(I)ccc2n1.OCc1ccccc1B(O)O. The van der Waals surface area contributed by atoms with E-state index in [1.807, 2.05) is 97.1 Å². The molecule has 64 heavy (non-hydrogen) atoms. The summed E-state index contributed by atoms with van der Waals surface area (Å²) in [6, 6.07) is 41.8. The van der Waals surface area contributed by atoms with Gasteiger partial charge in [-0.15, -0.1) is 0 Å². The molecular formula is C48H42BIN8O6. The molecule has 8 aromatic rings. The highest BCUT2D eigenvalue weighted by Crippen LogP contribution is 2.31. The number of aromatic nitrogens is 4. The number of aliphatic hydroxyl groups excluding tert-OH is 2. The Morgan fingerprint density at radius 2 is 1.00 bits per heavy atom. The Balaban J connectivity index is 0.000000145. The van der Waals surface area contributed by atoms with Gasteiger partial charge in [-0.25, -0.2) is 19.9 Å². The maximum Gasteiger partial charge on any atom is 0.488 e. The largest absolute Gasteiger partial charge is 0.488 e. The number of fused-ring (bicyclic) bond motifs is 4. The summed E-state index contributed by atoms with van der Waals surface area (Å²) in [5.41, 5.74) is 21.9. The second-order valence-electron chi connectivity index (χ2n) is 15.2. The topological polar surface area (TPSA) is 225 Å². The summed E-state index contributed by atoms with van der Waals surface area (Å²) in [6.45, 7) is 2.06. The number of aliphatic hydroxyl groups is 2. The Kier molecular flexibility index (Phi) is 13.2. The van der Waals surface area contributed by atoms with E-state index in [-0.39, 0.29) is 36.9 Å². The van der Waals surface area contributed by atoms with Gasteiger partial charge in [-0.1, -0.05) is 103 Å². The lowest BCUT2D eigenvalue weighted by molar-refractivity contribution is 0.0741. The minimum absolute atomic E-state index is 0.0652. The van der Waals surface area contributed by atoms with Crippen LogP contribution in [0.2, 0.25) is 0 Å². The molecule has 0 bridgehead atoms. The molecule has 0 saturated carbocycles. The van der Waals surface area contributed by atoms with Crippen LogP contribution in [0.5, 0.6) is 0 Å². The first kappa shape index (κ1) is 43.8. The number of hydrogen-bond acceptors (Lipinski definition) is 12. The summed E-state index contributed by atoms with van der Waals surface area (Å²) in [5.74, 6) is -0.0787. The summed E-state index contributed by atoms with van der Waals surface area (Å²) >= 11 is 2.21. The van der Waals surface area contributed by atoms with Crippen molar-refractivity contribution in [1.29, 1.82) is 0 Å². The van der Waals surface area contributed by atoms with Crippen LogP contribution in [0.3, 0.4) is 0 Å². The first-order chi connectivity index (χ1) is 31.0. The normalized spacial score (nSPS) is 12.5. The number of carbonyl (C=O) groups excluding carboxylic acids is 2. The molecule has 2 aliphatic heterocycles. The number of hydrogen-bond donors (Lipinski definition) is 6. The number of nitrogen functional groups attached to an aromatic ring is 2. The predicted molar refractivity (Wildman–Crippen MR) is 254 cm³/mol. The summed E-state index contributed by atoms with van der Waals surface area (Å²) < 4.78 is 1.03. The van der Waals surface area contributed by atoms with Crippen molar-refractivity contribution >= 4 is 80.7 Å². The van der Waals surface area contributed by atoms with Gasteiger partial charge in [0.1, 0.15) is 11.4 Å². The molecule has 6 aromatic carbocycles. The van der Waals surface area contributed by atoms with Crippen molar-refractivity contribution in [3.63, 3.8) is 0 Å². The van der Waals surface area contributed by atoms with Crippen LogP contribution in [0.25, 0.3) is 32.9 Å². The third kappa shape index (κ3) is 9.41. The number of halogens is 1. The van der Waals surface area contributed by atoms with E-state index in [9.17, 15) is 14.7 Å². The van der Waals surface area contributed by atoms with Crippen LogP contribution < -0.4 is 16.9 Å². The second kappa shape index (κ2) is 19.3. The van der Waals surface area contributed by atoms with E-state index in [1.165, 1.54) is 11.1 Å². The minimum atomic E-state index is -1.50. The molecule has 2 amide bonds. The molecule has 2 aromatic heterocycles. The van der Waals surface area contributed by atoms with Crippen molar-refractivity contribution in [3.05, 3.63) is 182 Å². The van der Waals surface area contributed by atoms with Crippen molar-refractivity contribution in [2.75, 3.05) is 11.5 Å². The summed E-state index contributed by atoms with van der Waals surface area (Å²) in [4.78, 5) is 47.0. The Hall–Kier alpha value is -6.83. The molecule has 2 aliphatic rings. The fourth-order valence-electron chi connectivity index (χ4n) is 7.88. The quantitative estimate of drug-likeness (QED) is 0.0916. The molecule has 16 heteroatoms. The van der Waals surface area contributed by atoms with Crippen LogP contribution in [0.1, 0.15) is 54.4 Å². The maximum atomic E-state index is 13.4. The molecule has 10 rings (SSSR count). The van der Waals surface area contributed by atoms with Crippen molar-refractivity contribution < 1.29 is 29.9 Å². The molecular weight excluding hydrogens is 922 g/mol. The first-order valence-electron chi connectivity index (χ1n) is 20.3. The number of amides is 2. The molecule has 0 fully saturated rings. The molecule has 8 N–H and O–H groups in total. The number of carbonyl (C=O) groups is 2. The van der Waals surface area contributed by atoms with E-state index in [0.717, 1.165) is 36.8 Å². The number of nitrogens with zero attached hydrogens (tertiary/aromatic N) is 6. The van der Waals surface area contributed by atoms with Gasteiger partial charge in [0.2, 0.25) is 11.9 Å². The zero-order chi connectivity index (χ0) is 44.9. The highest BCUT2D eigenvalue weighted by molar-refractivity contribution is 14.1. The highest BCUT2D eigenvalue weighted by atomic mass is 127. The van der Waals surface area contributed by atoms with E-state index in [4.69, 9.17) is 26.6 Å². The Bertz CT molecular complexity index is 3000. The van der Waals surface area contributed by atoms with E-state index >= 15 is 0 Å². The smallest absolute Gasteiger partial charge is 0.423 e. The molecule has 4 heterocycles. The molecule has 0 saturated heterocycles. The zero-order valence-corrected chi connectivity index (χ0v) is 36.5. The maximum absolute atomic E-state index is 13.4. The Labute approximate surface area is 382 Å². The Morgan fingerprint density at radius 3 is 1.48 bits per heavy atom. The average Bonchev–Trinajstić information content (AvgIpc) is 3.96. The van der Waals surface area contributed by atoms with Crippen LogP contribution in [0.15, 0.2) is 133 Å². The van der Waals surface area contributed by atoms with Crippen LogP contribution in [0.4, 0.5) is 11.9 Å². The van der Waals surface area contributed by atoms with Gasteiger partial charge in [-0.3, -0.25) is 9.59 Å². The van der Waals surface area contributed by atoms with Gasteiger partial charge < -0.3 is 41.5 Å². The van der Waals surface area contributed by atoms with Crippen LogP contribution in [0, 0.1) is 3.57 Å². The minimum Gasteiger partial charge on any atom is -0.423 e. The van der Waals surface area contributed by atoms with Gasteiger partial charge in [0.15, 0.2) is 0 Å². The van der Waals surface area contributed by atoms with E-state index in [2.05, 4.69) is 54.7 Å². The van der Waals surface area contributed by atoms with Gasteiger partial charge in [-0.2, -0.15) is 0 Å². The van der Waals surface area contributed by atoms with Crippen molar-refractivity contribution in [3.8, 4) is 11.1 Å². The molecule has 0 radical (unpaired) electrons. The lowest BCUT2D eigenvalue weighted by Crippen LogP contribution is -2.32. The summed E-state index contributed by atoms with van der Waals surface area (Å²) in [6.07, 6.45) is 0. The molecule has 0 unspecified atom stereocenters. The highest BCUT2D eigenvalue weighted by Gasteiger charge is 2.28.